The highest BCUT2D eigenvalue weighted by Gasteiger charge is 2.42. The van der Waals surface area contributed by atoms with Gasteiger partial charge in [0.2, 0.25) is 0 Å². The highest BCUT2D eigenvalue weighted by Crippen LogP contribution is 2.29. The van der Waals surface area contributed by atoms with Gasteiger partial charge in [0.05, 0.1) is 23.8 Å². The average molecular weight is 408 g/mol. The number of nitrogens with two attached hydrogens (primary N) is 1. The molecule has 0 radical (unpaired) electrons. The van der Waals surface area contributed by atoms with E-state index in [9.17, 15) is 19.4 Å². The fourth-order valence-electron chi connectivity index (χ4n) is 3.08. The molecule has 0 amide bonds. The van der Waals surface area contributed by atoms with Crippen molar-refractivity contribution in [3.05, 3.63) is 35.1 Å². The van der Waals surface area contributed by atoms with Crippen LogP contribution in [-0.2, 0) is 15.3 Å². The number of benzene rings is 1. The van der Waals surface area contributed by atoms with E-state index in [1.807, 2.05) is 0 Å². The molecule has 0 saturated carbocycles. The second-order valence-electron chi connectivity index (χ2n) is 7.27. The fourth-order valence-corrected chi connectivity index (χ4v) is 3.08. The molecule has 0 aromatic heterocycles. The Morgan fingerprint density at radius 2 is 1.83 bits per heavy atom. The van der Waals surface area contributed by atoms with Crippen LogP contribution >= 0.6 is 0 Å². The van der Waals surface area contributed by atoms with Gasteiger partial charge in [0.15, 0.2) is 0 Å². The summed E-state index contributed by atoms with van der Waals surface area (Å²) in [5.41, 5.74) is 5.43. The van der Waals surface area contributed by atoms with Crippen LogP contribution in [0.5, 0.6) is 0 Å². The second-order valence-corrected chi connectivity index (χ2v) is 7.27. The van der Waals surface area contributed by atoms with Crippen LogP contribution in [0, 0.1) is 17.7 Å². The number of halogens is 1. The lowest BCUT2D eigenvalue weighted by atomic mass is 9.96. The zero-order valence-corrected chi connectivity index (χ0v) is 17.5. The number of ether oxygens (including phenoxy) is 1. The quantitative estimate of drug-likeness (QED) is 0.212. The molecule has 2 unspecified atom stereocenters. The molecular weight excluding hydrogens is 373 g/mol. The van der Waals surface area contributed by atoms with Gasteiger partial charge in [-0.1, -0.05) is 69.8 Å². The van der Waals surface area contributed by atoms with E-state index < -0.39 is 30.2 Å². The molecule has 5 nitrogen and oxygen atoms in total. The number of esters is 1. The van der Waals surface area contributed by atoms with Crippen molar-refractivity contribution in [3.8, 4) is 11.8 Å². The van der Waals surface area contributed by atoms with Gasteiger partial charge in [-0.3, -0.25) is 4.79 Å². The Hall–Kier alpha value is -1.94. The number of hydrogen-bond donors (Lipinski definition) is 3. The Morgan fingerprint density at radius 1 is 1.21 bits per heavy atom. The van der Waals surface area contributed by atoms with E-state index in [0.717, 1.165) is 19.8 Å². The number of aliphatic hydroxyl groups excluding tert-OH is 1. The SMILES string of the molecule is CCCCCCCCCCC#Cc1cccc(C(O)(OC(C)=O)C(N)CO)c1F. The molecule has 29 heavy (non-hydrogen) atoms. The Labute approximate surface area is 173 Å². The third kappa shape index (κ3) is 8.14. The van der Waals surface area contributed by atoms with Crippen LogP contribution in [-0.4, -0.2) is 28.8 Å². The van der Waals surface area contributed by atoms with Crippen molar-refractivity contribution < 1.29 is 24.1 Å². The molecule has 4 N–H and O–H groups in total. The molecule has 0 fully saturated rings. The van der Waals surface area contributed by atoms with Crippen LogP contribution in [0.25, 0.3) is 0 Å². The molecule has 0 heterocycles. The van der Waals surface area contributed by atoms with Gasteiger partial charge < -0.3 is 20.7 Å². The minimum absolute atomic E-state index is 0.0813. The lowest BCUT2D eigenvalue weighted by molar-refractivity contribution is -0.226. The summed E-state index contributed by atoms with van der Waals surface area (Å²) in [6.45, 7) is 2.58. The van der Waals surface area contributed by atoms with Gasteiger partial charge in [-0.15, -0.1) is 0 Å². The molecule has 162 valence electrons. The van der Waals surface area contributed by atoms with Crippen molar-refractivity contribution in [2.45, 2.75) is 83.5 Å². The second kappa shape index (κ2) is 13.3. The molecule has 2 atom stereocenters. The lowest BCUT2D eigenvalue weighted by Crippen LogP contribution is -2.51. The molecule has 0 saturated heterocycles. The van der Waals surface area contributed by atoms with Gasteiger partial charge in [-0.25, -0.2) is 4.39 Å². The summed E-state index contributed by atoms with van der Waals surface area (Å²) in [4.78, 5) is 11.4. The van der Waals surface area contributed by atoms with E-state index in [-0.39, 0.29) is 11.1 Å². The van der Waals surface area contributed by atoms with Crippen molar-refractivity contribution >= 4 is 5.97 Å². The van der Waals surface area contributed by atoms with Gasteiger partial charge in [-0.05, 0) is 18.6 Å². The molecule has 6 heteroatoms. The Kier molecular flexibility index (Phi) is 11.5. The highest BCUT2D eigenvalue weighted by atomic mass is 19.1. The highest BCUT2D eigenvalue weighted by molar-refractivity contribution is 5.66. The minimum atomic E-state index is -2.47. The summed E-state index contributed by atoms with van der Waals surface area (Å²) in [6.07, 6.45) is 10.3. The van der Waals surface area contributed by atoms with E-state index in [1.54, 1.807) is 0 Å². The third-order valence-electron chi connectivity index (χ3n) is 4.76. The van der Waals surface area contributed by atoms with Gasteiger partial charge in [-0.2, -0.15) is 0 Å². The number of hydrogen-bond acceptors (Lipinski definition) is 5. The summed E-state index contributed by atoms with van der Waals surface area (Å²) < 4.78 is 19.8. The maximum absolute atomic E-state index is 14.9. The van der Waals surface area contributed by atoms with Gasteiger partial charge in [0.25, 0.3) is 5.79 Å². The Bertz CT molecular complexity index is 698. The summed E-state index contributed by atoms with van der Waals surface area (Å²) >= 11 is 0. The smallest absolute Gasteiger partial charge is 0.305 e. The average Bonchev–Trinajstić information content (AvgIpc) is 2.69. The molecule has 0 bridgehead atoms. The molecule has 1 aromatic rings. The predicted octanol–water partition coefficient (Wildman–Crippen LogP) is 3.74. The number of aliphatic hydroxyl groups is 2. The van der Waals surface area contributed by atoms with Crippen molar-refractivity contribution in [1.82, 2.24) is 0 Å². The third-order valence-corrected chi connectivity index (χ3v) is 4.76. The Balaban J connectivity index is 2.72. The maximum atomic E-state index is 14.9. The zero-order valence-electron chi connectivity index (χ0n) is 17.5. The summed E-state index contributed by atoms with van der Waals surface area (Å²) in [5.74, 6) is 1.60. The van der Waals surface area contributed by atoms with Gasteiger partial charge in [0.1, 0.15) is 5.82 Å². The van der Waals surface area contributed by atoms with Crippen LogP contribution in [0.2, 0.25) is 0 Å². The van der Waals surface area contributed by atoms with Crippen LogP contribution < -0.4 is 5.73 Å². The Morgan fingerprint density at radius 3 is 2.41 bits per heavy atom. The molecule has 0 aliphatic carbocycles. The van der Waals surface area contributed by atoms with Crippen molar-refractivity contribution in [2.75, 3.05) is 6.61 Å². The van der Waals surface area contributed by atoms with Crippen LogP contribution in [0.3, 0.4) is 0 Å². The van der Waals surface area contributed by atoms with Crippen LogP contribution in [0.15, 0.2) is 18.2 Å². The maximum Gasteiger partial charge on any atom is 0.305 e. The summed E-state index contributed by atoms with van der Waals surface area (Å²) in [7, 11) is 0. The zero-order chi connectivity index (χ0) is 21.7. The topological polar surface area (TPSA) is 92.8 Å². The first-order valence-electron chi connectivity index (χ1n) is 10.4. The number of carbonyl (C=O) groups excluding carboxylic acids is 1. The van der Waals surface area contributed by atoms with Gasteiger partial charge >= 0.3 is 5.97 Å². The molecule has 0 aliphatic rings. The first-order chi connectivity index (χ1) is 13.9. The molecule has 1 rings (SSSR count). The standard InChI is InChI=1S/C23H34FNO4/c1-3-4-5-6-7-8-9-10-11-12-14-19-15-13-16-20(22(19)24)23(28,21(25)17-26)29-18(2)27/h13,15-16,21,26,28H,3-11,17,25H2,1-2H3. The summed E-state index contributed by atoms with van der Waals surface area (Å²) in [5, 5.41) is 19.9. The van der Waals surface area contributed by atoms with E-state index in [2.05, 4.69) is 18.8 Å². The van der Waals surface area contributed by atoms with Crippen molar-refractivity contribution in [1.29, 1.82) is 0 Å². The fraction of sp³-hybridized carbons (Fsp3) is 0.609. The molecule has 0 spiro atoms. The first-order valence-corrected chi connectivity index (χ1v) is 10.4. The van der Waals surface area contributed by atoms with E-state index in [1.165, 1.54) is 56.7 Å². The summed E-state index contributed by atoms with van der Waals surface area (Å²) in [6, 6.07) is 2.84. The monoisotopic (exact) mass is 407 g/mol. The minimum Gasteiger partial charge on any atom is -0.427 e. The number of rotatable bonds is 12. The van der Waals surface area contributed by atoms with Crippen molar-refractivity contribution in [2.24, 2.45) is 5.73 Å². The van der Waals surface area contributed by atoms with Crippen LogP contribution in [0.1, 0.15) is 82.8 Å². The van der Waals surface area contributed by atoms with E-state index in [0.29, 0.717) is 6.42 Å². The molecule has 1 aromatic carbocycles. The van der Waals surface area contributed by atoms with Crippen molar-refractivity contribution in [3.63, 3.8) is 0 Å². The van der Waals surface area contributed by atoms with E-state index >= 15 is 0 Å². The normalized spacial score (nSPS) is 13.9. The van der Waals surface area contributed by atoms with Crippen LogP contribution in [0.4, 0.5) is 4.39 Å². The predicted molar refractivity (Wildman–Crippen MR) is 111 cm³/mol. The van der Waals surface area contributed by atoms with Gasteiger partial charge in [0, 0.05) is 13.3 Å². The molecular formula is C23H34FNO4. The number of unbranched alkanes of at least 4 members (excludes halogenated alkanes) is 8. The molecule has 0 aliphatic heterocycles. The first kappa shape index (κ1) is 25.1. The number of carbonyl (C=O) groups is 1. The largest absolute Gasteiger partial charge is 0.427 e. The lowest BCUT2D eigenvalue weighted by Gasteiger charge is -2.32. The van der Waals surface area contributed by atoms with E-state index in [4.69, 9.17) is 10.5 Å².